The van der Waals surface area contributed by atoms with Crippen molar-refractivity contribution in [1.29, 1.82) is 0 Å². The Hall–Kier alpha value is -0.160. The monoisotopic (exact) mass is 281 g/mol. The van der Waals surface area contributed by atoms with Crippen molar-refractivity contribution in [3.05, 3.63) is 0 Å². The molecule has 116 valence electrons. The van der Waals surface area contributed by atoms with E-state index >= 15 is 0 Å². The van der Waals surface area contributed by atoms with Crippen LogP contribution in [-0.4, -0.2) is 74.4 Å². The summed E-state index contributed by atoms with van der Waals surface area (Å²) in [4.78, 5) is 5.44. The van der Waals surface area contributed by atoms with Crippen molar-refractivity contribution in [3.63, 3.8) is 0 Å². The molecule has 2 atom stereocenters. The maximum atomic E-state index is 5.72. The molecular weight excluding hydrogens is 250 g/mol. The van der Waals surface area contributed by atoms with Crippen LogP contribution >= 0.6 is 0 Å². The highest BCUT2D eigenvalue weighted by atomic mass is 16.5. The molecule has 3 rings (SSSR count). The first kappa shape index (κ1) is 14.8. The minimum absolute atomic E-state index is 0.594. The number of likely N-dealkylation sites (tertiary alicyclic amines) is 2. The Balaban J connectivity index is 1.49. The summed E-state index contributed by atoms with van der Waals surface area (Å²) in [5.74, 6) is 0. The van der Waals surface area contributed by atoms with Crippen LogP contribution in [0.25, 0.3) is 0 Å². The van der Waals surface area contributed by atoms with Crippen LogP contribution in [0.3, 0.4) is 0 Å². The number of nitrogens with zero attached hydrogens (tertiary/aromatic N) is 2. The van der Waals surface area contributed by atoms with E-state index in [2.05, 4.69) is 22.2 Å². The van der Waals surface area contributed by atoms with Gasteiger partial charge < -0.3 is 15.0 Å². The summed E-state index contributed by atoms with van der Waals surface area (Å²) in [5, 5.41) is 3.49. The summed E-state index contributed by atoms with van der Waals surface area (Å²) in [6.45, 7) is 7.04. The van der Waals surface area contributed by atoms with Gasteiger partial charge in [-0.1, -0.05) is 6.42 Å². The van der Waals surface area contributed by atoms with Crippen LogP contribution in [-0.2, 0) is 4.74 Å². The lowest BCUT2D eigenvalue weighted by Crippen LogP contribution is -2.58. The Morgan fingerprint density at radius 1 is 0.900 bits per heavy atom. The number of hydrogen-bond acceptors (Lipinski definition) is 4. The van der Waals surface area contributed by atoms with Crippen molar-refractivity contribution < 1.29 is 4.74 Å². The molecule has 3 saturated heterocycles. The van der Waals surface area contributed by atoms with Crippen LogP contribution in [0.1, 0.15) is 38.5 Å². The van der Waals surface area contributed by atoms with E-state index in [1.807, 2.05) is 0 Å². The number of likely N-dealkylation sites (N-methyl/N-ethyl adjacent to an activating group) is 1. The van der Waals surface area contributed by atoms with Crippen molar-refractivity contribution in [3.8, 4) is 0 Å². The third kappa shape index (κ3) is 3.35. The molecule has 0 saturated carbocycles. The molecule has 0 radical (unpaired) electrons. The largest absolute Gasteiger partial charge is 0.380 e. The third-order valence-corrected chi connectivity index (χ3v) is 5.57. The molecule has 4 heteroatoms. The van der Waals surface area contributed by atoms with E-state index < -0.39 is 0 Å². The first-order valence-corrected chi connectivity index (χ1v) is 8.61. The van der Waals surface area contributed by atoms with Gasteiger partial charge in [0.15, 0.2) is 0 Å². The maximum Gasteiger partial charge on any atom is 0.0637 e. The SMILES string of the molecule is CNC1CCOCC1N1CCC(N2CCCCC2)CC1. The molecule has 1 N–H and O–H groups in total. The molecule has 3 aliphatic rings. The molecule has 3 aliphatic heterocycles. The van der Waals surface area contributed by atoms with E-state index in [1.54, 1.807) is 0 Å². The molecule has 0 aromatic rings. The zero-order valence-electron chi connectivity index (χ0n) is 13.0. The molecule has 0 bridgehead atoms. The lowest BCUT2D eigenvalue weighted by Gasteiger charge is -2.45. The Labute approximate surface area is 123 Å². The van der Waals surface area contributed by atoms with Gasteiger partial charge in [0.2, 0.25) is 0 Å². The highest BCUT2D eigenvalue weighted by Crippen LogP contribution is 2.24. The lowest BCUT2D eigenvalue weighted by atomic mass is 9.95. The van der Waals surface area contributed by atoms with Crippen molar-refractivity contribution >= 4 is 0 Å². The van der Waals surface area contributed by atoms with E-state index in [0.717, 1.165) is 25.7 Å². The first-order chi connectivity index (χ1) is 9.88. The van der Waals surface area contributed by atoms with E-state index in [-0.39, 0.29) is 0 Å². The first-order valence-electron chi connectivity index (χ1n) is 8.61. The van der Waals surface area contributed by atoms with Gasteiger partial charge in [-0.15, -0.1) is 0 Å². The topological polar surface area (TPSA) is 27.7 Å². The second-order valence-electron chi connectivity index (χ2n) is 6.69. The number of hydrogen-bond donors (Lipinski definition) is 1. The summed E-state index contributed by atoms with van der Waals surface area (Å²) >= 11 is 0. The minimum Gasteiger partial charge on any atom is -0.380 e. The lowest BCUT2D eigenvalue weighted by molar-refractivity contribution is -0.0195. The molecule has 4 nitrogen and oxygen atoms in total. The molecule has 0 aliphatic carbocycles. The highest BCUT2D eigenvalue weighted by molar-refractivity contribution is 4.90. The molecule has 0 spiro atoms. The van der Waals surface area contributed by atoms with Gasteiger partial charge >= 0.3 is 0 Å². The second kappa shape index (κ2) is 7.21. The Kier molecular flexibility index (Phi) is 5.32. The zero-order chi connectivity index (χ0) is 13.8. The Morgan fingerprint density at radius 2 is 1.65 bits per heavy atom. The normalized spacial score (nSPS) is 35.2. The van der Waals surface area contributed by atoms with Crippen molar-refractivity contribution in [1.82, 2.24) is 15.1 Å². The highest BCUT2D eigenvalue weighted by Gasteiger charge is 2.33. The molecule has 0 aromatic carbocycles. The quantitative estimate of drug-likeness (QED) is 0.844. The van der Waals surface area contributed by atoms with Gasteiger partial charge in [0.25, 0.3) is 0 Å². The zero-order valence-corrected chi connectivity index (χ0v) is 13.0. The smallest absolute Gasteiger partial charge is 0.0637 e. The van der Waals surface area contributed by atoms with E-state index in [1.165, 1.54) is 58.3 Å². The van der Waals surface area contributed by atoms with Crippen LogP contribution in [0.2, 0.25) is 0 Å². The van der Waals surface area contributed by atoms with Crippen molar-refractivity contribution in [2.75, 3.05) is 46.4 Å². The average Bonchev–Trinajstić information content (AvgIpc) is 2.56. The summed E-state index contributed by atoms with van der Waals surface area (Å²) in [6, 6.07) is 2.07. The van der Waals surface area contributed by atoms with Gasteiger partial charge in [-0.25, -0.2) is 0 Å². The van der Waals surface area contributed by atoms with Gasteiger partial charge in [-0.2, -0.15) is 0 Å². The molecule has 0 aromatic heterocycles. The number of rotatable bonds is 3. The predicted molar refractivity (Wildman–Crippen MR) is 82.1 cm³/mol. The van der Waals surface area contributed by atoms with Crippen molar-refractivity contribution in [2.45, 2.75) is 56.7 Å². The molecule has 0 amide bonds. The summed E-state index contributed by atoms with van der Waals surface area (Å²) in [6.07, 6.45) is 8.14. The Bertz CT molecular complexity index is 285. The van der Waals surface area contributed by atoms with Gasteiger partial charge in [-0.3, -0.25) is 4.90 Å². The molecule has 3 fully saturated rings. The second-order valence-corrected chi connectivity index (χ2v) is 6.69. The van der Waals surface area contributed by atoms with Gasteiger partial charge in [0, 0.05) is 37.8 Å². The van der Waals surface area contributed by atoms with Crippen LogP contribution < -0.4 is 5.32 Å². The fourth-order valence-corrected chi connectivity index (χ4v) is 4.29. The Morgan fingerprint density at radius 3 is 2.35 bits per heavy atom. The fraction of sp³-hybridized carbons (Fsp3) is 1.00. The maximum absolute atomic E-state index is 5.72. The molecule has 2 unspecified atom stereocenters. The average molecular weight is 281 g/mol. The summed E-state index contributed by atoms with van der Waals surface area (Å²) < 4.78 is 5.72. The van der Waals surface area contributed by atoms with E-state index in [9.17, 15) is 0 Å². The standard InChI is InChI=1S/C16H31N3O/c1-17-15-7-12-20-13-16(15)19-10-5-14(6-11-19)18-8-3-2-4-9-18/h14-17H,2-13H2,1H3. The summed E-state index contributed by atoms with van der Waals surface area (Å²) in [7, 11) is 2.10. The third-order valence-electron chi connectivity index (χ3n) is 5.57. The van der Waals surface area contributed by atoms with Crippen LogP contribution in [0.15, 0.2) is 0 Å². The number of ether oxygens (including phenoxy) is 1. The fourth-order valence-electron chi connectivity index (χ4n) is 4.29. The van der Waals surface area contributed by atoms with E-state index in [4.69, 9.17) is 4.74 Å². The van der Waals surface area contributed by atoms with Gasteiger partial charge in [0.05, 0.1) is 6.61 Å². The summed E-state index contributed by atoms with van der Waals surface area (Å²) in [5.41, 5.74) is 0. The molecule has 3 heterocycles. The van der Waals surface area contributed by atoms with Gasteiger partial charge in [0.1, 0.15) is 0 Å². The van der Waals surface area contributed by atoms with Crippen molar-refractivity contribution in [2.24, 2.45) is 0 Å². The van der Waals surface area contributed by atoms with E-state index in [0.29, 0.717) is 12.1 Å². The van der Waals surface area contributed by atoms with Crippen LogP contribution in [0, 0.1) is 0 Å². The molecule has 20 heavy (non-hydrogen) atoms. The molecular formula is C16H31N3O. The van der Waals surface area contributed by atoms with Crippen LogP contribution in [0.4, 0.5) is 0 Å². The predicted octanol–water partition coefficient (Wildman–Crippen LogP) is 1.31. The number of piperidine rings is 2. The van der Waals surface area contributed by atoms with Crippen LogP contribution in [0.5, 0.6) is 0 Å². The number of nitrogens with one attached hydrogen (secondary N) is 1. The van der Waals surface area contributed by atoms with Gasteiger partial charge in [-0.05, 0) is 52.2 Å². The minimum atomic E-state index is 0.594.